The number of aromatic hydroxyl groups is 2. The SMILES string of the molecule is N#C/C(=C\c1cc(O)c(O)c([N+](=O)[O-])c1)C(=O)Nc1ccc(F)cc1. The summed E-state index contributed by atoms with van der Waals surface area (Å²) in [5.74, 6) is -3.02. The molecule has 0 atom stereocenters. The van der Waals surface area contributed by atoms with E-state index in [-0.39, 0.29) is 11.3 Å². The first-order valence-electron chi connectivity index (χ1n) is 6.71. The van der Waals surface area contributed by atoms with E-state index in [1.807, 2.05) is 0 Å². The summed E-state index contributed by atoms with van der Waals surface area (Å²) in [4.78, 5) is 22.0. The van der Waals surface area contributed by atoms with E-state index in [1.54, 1.807) is 6.07 Å². The summed E-state index contributed by atoms with van der Waals surface area (Å²) in [6.45, 7) is 0. The Labute approximate surface area is 140 Å². The lowest BCUT2D eigenvalue weighted by Crippen LogP contribution is -2.13. The van der Waals surface area contributed by atoms with Crippen molar-refractivity contribution in [3.05, 3.63) is 63.5 Å². The predicted octanol–water partition coefficient (Wildman–Crippen LogP) is 2.69. The molecule has 2 rings (SSSR count). The van der Waals surface area contributed by atoms with Crippen molar-refractivity contribution in [3.8, 4) is 17.6 Å². The molecule has 126 valence electrons. The van der Waals surface area contributed by atoms with E-state index in [2.05, 4.69) is 5.32 Å². The fourth-order valence-electron chi connectivity index (χ4n) is 1.89. The van der Waals surface area contributed by atoms with Gasteiger partial charge in [-0.25, -0.2) is 4.39 Å². The van der Waals surface area contributed by atoms with Crippen molar-refractivity contribution in [2.75, 3.05) is 5.32 Å². The molecule has 0 aliphatic heterocycles. The Morgan fingerprint density at radius 2 is 1.92 bits per heavy atom. The maximum atomic E-state index is 12.8. The lowest BCUT2D eigenvalue weighted by atomic mass is 10.1. The van der Waals surface area contributed by atoms with Gasteiger partial charge in [-0.05, 0) is 42.0 Å². The standard InChI is InChI=1S/C16H10FN3O5/c17-11-1-3-12(4-2-11)19-16(23)10(8-18)5-9-6-13(20(24)25)15(22)14(21)7-9/h1-7,21-22H,(H,19,23)/b10-5+. The van der Waals surface area contributed by atoms with Crippen LogP contribution in [0.15, 0.2) is 42.0 Å². The van der Waals surface area contributed by atoms with Gasteiger partial charge in [-0.3, -0.25) is 14.9 Å². The topological polar surface area (TPSA) is 136 Å². The summed E-state index contributed by atoms with van der Waals surface area (Å²) in [6.07, 6.45) is 1.00. The zero-order chi connectivity index (χ0) is 18.6. The van der Waals surface area contributed by atoms with Crippen molar-refractivity contribution in [3.63, 3.8) is 0 Å². The molecular formula is C16H10FN3O5. The number of hydrogen-bond acceptors (Lipinski definition) is 6. The van der Waals surface area contributed by atoms with Crippen molar-refractivity contribution >= 4 is 23.4 Å². The molecule has 0 unspecified atom stereocenters. The lowest BCUT2D eigenvalue weighted by molar-refractivity contribution is -0.386. The number of nitro benzene ring substituents is 1. The van der Waals surface area contributed by atoms with E-state index in [4.69, 9.17) is 5.26 Å². The molecule has 1 amide bonds. The van der Waals surface area contributed by atoms with Gasteiger partial charge in [0.05, 0.1) is 4.92 Å². The van der Waals surface area contributed by atoms with Crippen LogP contribution in [0.2, 0.25) is 0 Å². The van der Waals surface area contributed by atoms with E-state index in [0.29, 0.717) is 0 Å². The van der Waals surface area contributed by atoms with Crippen LogP contribution in [0.1, 0.15) is 5.56 Å². The molecule has 0 saturated heterocycles. The van der Waals surface area contributed by atoms with Crippen molar-refractivity contribution in [1.82, 2.24) is 0 Å². The Hall–Kier alpha value is -3.93. The number of phenolic OH excluding ortho intramolecular Hbond substituents is 2. The summed E-state index contributed by atoms with van der Waals surface area (Å²) in [6, 6.07) is 8.31. The first-order valence-corrected chi connectivity index (χ1v) is 6.71. The molecule has 0 aliphatic carbocycles. The second kappa shape index (κ2) is 7.10. The second-order valence-corrected chi connectivity index (χ2v) is 4.80. The molecule has 0 radical (unpaired) electrons. The third-order valence-corrected chi connectivity index (χ3v) is 3.07. The number of rotatable bonds is 4. The monoisotopic (exact) mass is 343 g/mol. The zero-order valence-corrected chi connectivity index (χ0v) is 12.4. The molecule has 0 fully saturated rings. The molecule has 25 heavy (non-hydrogen) atoms. The minimum Gasteiger partial charge on any atom is -0.504 e. The first-order chi connectivity index (χ1) is 11.8. The highest BCUT2D eigenvalue weighted by atomic mass is 19.1. The van der Waals surface area contributed by atoms with Gasteiger partial charge in [-0.15, -0.1) is 0 Å². The predicted molar refractivity (Wildman–Crippen MR) is 85.0 cm³/mol. The number of carbonyl (C=O) groups excluding carboxylic acids is 1. The average Bonchev–Trinajstić information content (AvgIpc) is 2.57. The van der Waals surface area contributed by atoms with Crippen LogP contribution in [-0.4, -0.2) is 21.0 Å². The molecule has 0 aromatic heterocycles. The third kappa shape index (κ3) is 4.08. The zero-order valence-electron chi connectivity index (χ0n) is 12.4. The average molecular weight is 343 g/mol. The normalized spacial score (nSPS) is 10.8. The van der Waals surface area contributed by atoms with Gasteiger partial charge in [-0.1, -0.05) is 0 Å². The first kappa shape index (κ1) is 17.4. The summed E-state index contributed by atoms with van der Waals surface area (Å²) in [5.41, 5.74) is -0.980. The maximum Gasteiger partial charge on any atom is 0.315 e. The van der Waals surface area contributed by atoms with Crippen LogP contribution in [-0.2, 0) is 4.79 Å². The minimum absolute atomic E-state index is 0.0344. The highest BCUT2D eigenvalue weighted by Gasteiger charge is 2.19. The van der Waals surface area contributed by atoms with Crippen LogP contribution in [0.4, 0.5) is 15.8 Å². The molecule has 8 nitrogen and oxygen atoms in total. The van der Waals surface area contributed by atoms with Crippen LogP contribution in [0, 0.1) is 27.3 Å². The molecule has 0 heterocycles. The molecule has 9 heteroatoms. The fourth-order valence-corrected chi connectivity index (χ4v) is 1.89. The highest BCUT2D eigenvalue weighted by Crippen LogP contribution is 2.36. The molecule has 2 aromatic rings. The minimum atomic E-state index is -0.920. The number of carbonyl (C=O) groups is 1. The number of anilines is 1. The van der Waals surface area contributed by atoms with Gasteiger partial charge < -0.3 is 15.5 Å². The van der Waals surface area contributed by atoms with Gasteiger partial charge in [0.25, 0.3) is 5.91 Å². The maximum absolute atomic E-state index is 12.8. The number of phenols is 2. The van der Waals surface area contributed by atoms with Gasteiger partial charge in [0, 0.05) is 11.8 Å². The quantitative estimate of drug-likeness (QED) is 0.257. The highest BCUT2D eigenvalue weighted by molar-refractivity contribution is 6.09. The fraction of sp³-hybridized carbons (Fsp3) is 0. The van der Waals surface area contributed by atoms with Crippen LogP contribution < -0.4 is 5.32 Å². The van der Waals surface area contributed by atoms with Gasteiger partial charge in [0.1, 0.15) is 17.5 Å². The van der Waals surface area contributed by atoms with E-state index in [0.717, 1.165) is 30.3 Å². The largest absolute Gasteiger partial charge is 0.504 e. The molecule has 0 saturated carbocycles. The third-order valence-electron chi connectivity index (χ3n) is 3.07. The Morgan fingerprint density at radius 1 is 1.28 bits per heavy atom. The van der Waals surface area contributed by atoms with Crippen molar-refractivity contribution in [2.24, 2.45) is 0 Å². The van der Waals surface area contributed by atoms with Crippen LogP contribution in [0.5, 0.6) is 11.5 Å². The van der Waals surface area contributed by atoms with Crippen LogP contribution in [0.25, 0.3) is 6.08 Å². The molecule has 0 bridgehead atoms. The van der Waals surface area contributed by atoms with Crippen molar-refractivity contribution in [1.29, 1.82) is 5.26 Å². The summed E-state index contributed by atoms with van der Waals surface area (Å²) in [5, 5.41) is 41.2. The number of amides is 1. The number of nitrogens with one attached hydrogen (secondary N) is 1. The Kier molecular flexibility index (Phi) is 4.95. The molecule has 3 N–H and O–H groups in total. The smallest absolute Gasteiger partial charge is 0.315 e. The summed E-state index contributed by atoms with van der Waals surface area (Å²) in [7, 11) is 0. The lowest BCUT2D eigenvalue weighted by Gasteiger charge is -2.05. The van der Waals surface area contributed by atoms with E-state index in [9.17, 15) is 29.5 Å². The summed E-state index contributed by atoms with van der Waals surface area (Å²) < 4.78 is 12.8. The number of hydrogen-bond donors (Lipinski definition) is 3. The van der Waals surface area contributed by atoms with Crippen LogP contribution >= 0.6 is 0 Å². The molecule has 2 aromatic carbocycles. The number of nitrogens with zero attached hydrogens (tertiary/aromatic N) is 2. The Bertz CT molecular complexity index is 917. The molecular weight excluding hydrogens is 333 g/mol. The van der Waals surface area contributed by atoms with Gasteiger partial charge in [-0.2, -0.15) is 5.26 Å². The van der Waals surface area contributed by atoms with Gasteiger partial charge in [0.2, 0.25) is 5.75 Å². The number of halogens is 1. The van der Waals surface area contributed by atoms with Gasteiger partial charge in [0.15, 0.2) is 5.75 Å². The van der Waals surface area contributed by atoms with Crippen LogP contribution in [0.3, 0.4) is 0 Å². The second-order valence-electron chi connectivity index (χ2n) is 4.80. The molecule has 0 aliphatic rings. The van der Waals surface area contributed by atoms with E-state index >= 15 is 0 Å². The number of nitriles is 1. The van der Waals surface area contributed by atoms with Crippen molar-refractivity contribution < 1.29 is 24.3 Å². The Balaban J connectivity index is 2.34. The van der Waals surface area contributed by atoms with E-state index < -0.39 is 39.4 Å². The van der Waals surface area contributed by atoms with Gasteiger partial charge >= 0.3 is 5.69 Å². The Morgan fingerprint density at radius 3 is 2.48 bits per heavy atom. The number of benzene rings is 2. The van der Waals surface area contributed by atoms with E-state index in [1.165, 1.54) is 12.1 Å². The van der Waals surface area contributed by atoms with Crippen molar-refractivity contribution in [2.45, 2.75) is 0 Å². The summed E-state index contributed by atoms with van der Waals surface area (Å²) >= 11 is 0. The molecule has 0 spiro atoms. The number of nitro groups is 1.